The molecule has 11 heteroatoms. The molecule has 3 rings (SSSR count). The molecule has 182 valence electrons. The van der Waals surface area contributed by atoms with Crippen LogP contribution in [0.4, 0.5) is 18.9 Å². The molecule has 0 aliphatic carbocycles. The van der Waals surface area contributed by atoms with Gasteiger partial charge in [-0.15, -0.1) is 0 Å². The Morgan fingerprint density at radius 1 is 1.21 bits per heavy atom. The van der Waals surface area contributed by atoms with E-state index in [1.54, 1.807) is 17.9 Å². The molecular weight excluding hydrogens is 457 g/mol. The predicted molar refractivity (Wildman–Crippen MR) is 118 cm³/mol. The van der Waals surface area contributed by atoms with Crippen LogP contribution in [-0.2, 0) is 21.0 Å². The molecule has 7 nitrogen and oxygen atoms in total. The number of alkyl halides is 3. The Morgan fingerprint density at radius 2 is 1.88 bits per heavy atom. The lowest BCUT2D eigenvalue weighted by atomic mass is 9.78. The summed E-state index contributed by atoms with van der Waals surface area (Å²) in [7, 11) is -3.28. The summed E-state index contributed by atoms with van der Waals surface area (Å²) in [4.78, 5) is 14.6. The van der Waals surface area contributed by atoms with Gasteiger partial charge in [-0.05, 0) is 56.7 Å². The zero-order valence-electron chi connectivity index (χ0n) is 18.7. The van der Waals surface area contributed by atoms with Crippen LogP contribution in [0, 0.1) is 29.1 Å². The average molecular weight is 487 g/mol. The summed E-state index contributed by atoms with van der Waals surface area (Å²) >= 11 is 0. The first-order valence-corrected chi connectivity index (χ1v) is 12.7. The standard InChI is InChI=1S/C22H29F3N4O3S/c1-3-27-21(30)19-14-28(17-6-5-16(12-26)20(11-17)22(23,24)25)13-18(19)15-7-9-29(10-8-15)33(31,32)4-2/h5-6,11,15,18-19H,3-4,7-10,13-14H2,1-2H3,(H,27,30)/t18-,19+/m0/s1. The number of halogens is 3. The third-order valence-corrected chi connectivity index (χ3v) is 8.59. The molecule has 0 spiro atoms. The quantitative estimate of drug-likeness (QED) is 0.668. The lowest BCUT2D eigenvalue weighted by Gasteiger charge is -2.35. The second-order valence-corrected chi connectivity index (χ2v) is 10.8. The van der Waals surface area contributed by atoms with Gasteiger partial charge >= 0.3 is 6.18 Å². The second-order valence-electron chi connectivity index (χ2n) is 8.55. The van der Waals surface area contributed by atoms with E-state index in [4.69, 9.17) is 5.26 Å². The monoisotopic (exact) mass is 486 g/mol. The van der Waals surface area contributed by atoms with Gasteiger partial charge in [0.25, 0.3) is 0 Å². The molecule has 2 heterocycles. The van der Waals surface area contributed by atoms with Gasteiger partial charge in [0, 0.05) is 38.4 Å². The number of piperidine rings is 1. The zero-order valence-corrected chi connectivity index (χ0v) is 19.5. The van der Waals surface area contributed by atoms with E-state index in [-0.39, 0.29) is 30.0 Å². The molecule has 2 saturated heterocycles. The van der Waals surface area contributed by atoms with Gasteiger partial charge in [0.15, 0.2) is 0 Å². The molecule has 2 atom stereocenters. The van der Waals surface area contributed by atoms with Gasteiger partial charge in [-0.3, -0.25) is 4.79 Å². The lowest BCUT2D eigenvalue weighted by Crippen LogP contribution is -2.43. The molecule has 1 amide bonds. The Hall–Kier alpha value is -2.32. The number of carbonyl (C=O) groups excluding carboxylic acids is 1. The number of rotatable bonds is 6. The number of amides is 1. The third kappa shape index (κ3) is 5.44. The molecule has 1 aromatic carbocycles. The highest BCUT2D eigenvalue weighted by molar-refractivity contribution is 7.89. The summed E-state index contributed by atoms with van der Waals surface area (Å²) in [5.74, 6) is -0.525. The van der Waals surface area contributed by atoms with Crippen molar-refractivity contribution in [1.29, 1.82) is 5.26 Å². The first kappa shape index (κ1) is 25.3. The first-order valence-electron chi connectivity index (χ1n) is 11.1. The number of nitriles is 1. The Labute approximate surface area is 192 Å². The highest BCUT2D eigenvalue weighted by atomic mass is 32.2. The third-order valence-electron chi connectivity index (χ3n) is 6.71. The van der Waals surface area contributed by atoms with Crippen molar-refractivity contribution in [3.63, 3.8) is 0 Å². The molecule has 0 unspecified atom stereocenters. The molecule has 33 heavy (non-hydrogen) atoms. The summed E-state index contributed by atoms with van der Waals surface area (Å²) < 4.78 is 66.2. The maximum absolute atomic E-state index is 13.4. The van der Waals surface area contributed by atoms with Gasteiger partial charge in [-0.2, -0.15) is 18.4 Å². The summed E-state index contributed by atoms with van der Waals surface area (Å²) in [5, 5.41) is 11.9. The van der Waals surface area contributed by atoms with Crippen LogP contribution >= 0.6 is 0 Å². The topological polar surface area (TPSA) is 93.5 Å². The minimum atomic E-state index is -4.66. The molecule has 0 bridgehead atoms. The van der Waals surface area contributed by atoms with E-state index in [0.717, 1.165) is 6.07 Å². The van der Waals surface area contributed by atoms with Crippen molar-refractivity contribution in [3.05, 3.63) is 29.3 Å². The number of carbonyl (C=O) groups is 1. The minimum absolute atomic E-state index is 0.0383. The van der Waals surface area contributed by atoms with E-state index in [1.165, 1.54) is 16.4 Å². The minimum Gasteiger partial charge on any atom is -0.370 e. The van der Waals surface area contributed by atoms with Gasteiger partial charge in [-0.25, -0.2) is 12.7 Å². The van der Waals surface area contributed by atoms with Gasteiger partial charge in [0.2, 0.25) is 15.9 Å². The second kappa shape index (κ2) is 9.89. The van der Waals surface area contributed by atoms with Crippen molar-refractivity contribution < 1.29 is 26.4 Å². The fraction of sp³-hybridized carbons (Fsp3) is 0.636. The molecule has 1 N–H and O–H groups in total. The summed E-state index contributed by atoms with van der Waals surface area (Å²) in [5.41, 5.74) is -1.10. The maximum atomic E-state index is 13.4. The van der Waals surface area contributed by atoms with Crippen molar-refractivity contribution in [2.24, 2.45) is 17.8 Å². The van der Waals surface area contributed by atoms with Crippen LogP contribution < -0.4 is 10.2 Å². The van der Waals surface area contributed by atoms with Crippen LogP contribution in [0.2, 0.25) is 0 Å². The normalized spacial score (nSPS) is 22.8. The predicted octanol–water partition coefficient (Wildman–Crippen LogP) is 2.83. The Morgan fingerprint density at radius 3 is 2.42 bits per heavy atom. The summed E-state index contributed by atoms with van der Waals surface area (Å²) in [6.07, 6.45) is -3.44. The van der Waals surface area contributed by atoms with Gasteiger partial charge < -0.3 is 10.2 Å². The smallest absolute Gasteiger partial charge is 0.370 e. The molecule has 0 aromatic heterocycles. The van der Waals surface area contributed by atoms with E-state index < -0.39 is 33.2 Å². The fourth-order valence-corrected chi connectivity index (χ4v) is 6.06. The SMILES string of the molecule is CCNC(=O)[C@@H]1CN(c2ccc(C#N)c(C(F)(F)F)c2)C[C@H]1C1CCN(S(=O)(=O)CC)CC1. The molecule has 2 fully saturated rings. The molecule has 2 aliphatic rings. The number of benzene rings is 1. The van der Waals surface area contributed by atoms with Crippen LogP contribution in [0.3, 0.4) is 0 Å². The van der Waals surface area contributed by atoms with Crippen LogP contribution in [0.1, 0.15) is 37.8 Å². The highest BCUT2D eigenvalue weighted by Gasteiger charge is 2.44. The largest absolute Gasteiger partial charge is 0.417 e. The molecular formula is C22H29F3N4O3S. The first-order chi connectivity index (χ1) is 15.5. The zero-order chi connectivity index (χ0) is 24.4. The maximum Gasteiger partial charge on any atom is 0.417 e. The van der Waals surface area contributed by atoms with E-state index in [1.807, 2.05) is 6.92 Å². The molecule has 0 radical (unpaired) electrons. The van der Waals surface area contributed by atoms with Crippen molar-refractivity contribution in [1.82, 2.24) is 9.62 Å². The number of nitrogens with zero attached hydrogens (tertiary/aromatic N) is 3. The van der Waals surface area contributed by atoms with E-state index >= 15 is 0 Å². The fourth-order valence-electron chi connectivity index (χ4n) is 4.93. The Balaban J connectivity index is 1.84. The lowest BCUT2D eigenvalue weighted by molar-refractivity contribution is -0.137. The molecule has 1 aromatic rings. The van der Waals surface area contributed by atoms with Crippen molar-refractivity contribution in [3.8, 4) is 6.07 Å². The van der Waals surface area contributed by atoms with Crippen molar-refractivity contribution in [2.75, 3.05) is 43.4 Å². The Kier molecular flexibility index (Phi) is 7.59. The van der Waals surface area contributed by atoms with E-state index in [9.17, 15) is 26.4 Å². The summed E-state index contributed by atoms with van der Waals surface area (Å²) in [6, 6.07) is 5.22. The average Bonchev–Trinajstić information content (AvgIpc) is 3.24. The van der Waals surface area contributed by atoms with Gasteiger partial charge in [0.05, 0.1) is 28.9 Å². The van der Waals surface area contributed by atoms with Crippen molar-refractivity contribution in [2.45, 2.75) is 32.9 Å². The van der Waals surface area contributed by atoms with Gasteiger partial charge in [-0.1, -0.05) is 0 Å². The van der Waals surface area contributed by atoms with Gasteiger partial charge in [0.1, 0.15) is 0 Å². The summed E-state index contributed by atoms with van der Waals surface area (Å²) in [6.45, 7) is 5.30. The van der Waals surface area contributed by atoms with E-state index in [2.05, 4.69) is 5.32 Å². The number of nitrogens with one attached hydrogen (secondary N) is 1. The highest BCUT2D eigenvalue weighted by Crippen LogP contribution is 2.40. The Bertz CT molecular complexity index is 1010. The van der Waals surface area contributed by atoms with E-state index in [0.29, 0.717) is 44.7 Å². The number of hydrogen-bond acceptors (Lipinski definition) is 5. The number of sulfonamides is 1. The van der Waals surface area contributed by atoms with Crippen LogP contribution in [0.25, 0.3) is 0 Å². The molecule has 0 saturated carbocycles. The molecule has 2 aliphatic heterocycles. The number of anilines is 1. The number of hydrogen-bond donors (Lipinski definition) is 1. The van der Waals surface area contributed by atoms with Crippen LogP contribution in [0.15, 0.2) is 18.2 Å². The van der Waals surface area contributed by atoms with Crippen molar-refractivity contribution >= 4 is 21.6 Å². The van der Waals surface area contributed by atoms with Crippen LogP contribution in [-0.4, -0.2) is 57.1 Å². The van der Waals surface area contributed by atoms with Crippen LogP contribution in [0.5, 0.6) is 0 Å².